The van der Waals surface area contributed by atoms with Gasteiger partial charge in [-0.15, -0.1) is 0 Å². The van der Waals surface area contributed by atoms with E-state index < -0.39 is 0 Å². The molecular formula is C13H17NO3. The fraction of sp³-hybridized carbons (Fsp3) is 0.462. The van der Waals surface area contributed by atoms with E-state index in [2.05, 4.69) is 0 Å². The molecule has 1 aliphatic rings. The van der Waals surface area contributed by atoms with Crippen LogP contribution in [0.2, 0.25) is 0 Å². The van der Waals surface area contributed by atoms with Crippen molar-refractivity contribution < 1.29 is 14.3 Å². The van der Waals surface area contributed by atoms with Crippen molar-refractivity contribution in [3.8, 4) is 5.75 Å². The fourth-order valence-electron chi connectivity index (χ4n) is 1.86. The van der Waals surface area contributed by atoms with Crippen molar-refractivity contribution in [1.82, 2.24) is 4.90 Å². The predicted octanol–water partition coefficient (Wildman–Crippen LogP) is 1.58. The summed E-state index contributed by atoms with van der Waals surface area (Å²) in [6, 6.07) is 7.67. The van der Waals surface area contributed by atoms with Gasteiger partial charge in [0.2, 0.25) is 0 Å². The lowest BCUT2D eigenvalue weighted by molar-refractivity contribution is -0.137. The number of para-hydroxylation sites is 1. The second-order valence-electron chi connectivity index (χ2n) is 4.11. The molecule has 92 valence electrons. The highest BCUT2D eigenvalue weighted by Gasteiger charge is 2.25. The van der Waals surface area contributed by atoms with Gasteiger partial charge in [0.1, 0.15) is 12.0 Å². The highest BCUT2D eigenvalue weighted by Crippen LogP contribution is 2.16. The molecule has 4 heteroatoms. The Labute approximate surface area is 101 Å². The Hall–Kier alpha value is -1.55. The predicted molar refractivity (Wildman–Crippen MR) is 63.8 cm³/mol. The minimum absolute atomic E-state index is 0.0294. The Kier molecular flexibility index (Phi) is 3.64. The summed E-state index contributed by atoms with van der Waals surface area (Å²) in [6.45, 7) is 5.16. The second-order valence-corrected chi connectivity index (χ2v) is 4.11. The number of carbonyl (C=O) groups is 1. The van der Waals surface area contributed by atoms with Gasteiger partial charge >= 0.3 is 0 Å². The van der Waals surface area contributed by atoms with Crippen LogP contribution in [0.4, 0.5) is 0 Å². The van der Waals surface area contributed by atoms with Gasteiger partial charge in [0.15, 0.2) is 6.61 Å². The number of nitrogens with zero attached hydrogens (tertiary/aromatic N) is 1. The van der Waals surface area contributed by atoms with Gasteiger partial charge < -0.3 is 14.4 Å². The zero-order valence-corrected chi connectivity index (χ0v) is 10.2. The lowest BCUT2D eigenvalue weighted by Crippen LogP contribution is -2.37. The first kappa shape index (κ1) is 11.9. The van der Waals surface area contributed by atoms with Crippen LogP contribution in [0, 0.1) is 6.92 Å². The highest BCUT2D eigenvalue weighted by atomic mass is 16.5. The number of amides is 1. The standard InChI is InChI=1S/C13H17NO3/c1-10-5-3-4-6-12(10)17-9-13(15)14-7-8-16-11(14)2/h3-6,11H,7-9H2,1-2H3. The van der Waals surface area contributed by atoms with E-state index >= 15 is 0 Å². The minimum Gasteiger partial charge on any atom is -0.483 e. The second kappa shape index (κ2) is 5.19. The number of carbonyl (C=O) groups excluding carboxylic acids is 1. The third kappa shape index (κ3) is 2.77. The smallest absolute Gasteiger partial charge is 0.262 e. The third-order valence-corrected chi connectivity index (χ3v) is 2.90. The van der Waals surface area contributed by atoms with Gasteiger partial charge in [0.05, 0.1) is 6.61 Å². The zero-order chi connectivity index (χ0) is 12.3. The molecule has 1 aromatic carbocycles. The number of rotatable bonds is 3. The highest BCUT2D eigenvalue weighted by molar-refractivity contribution is 5.78. The van der Waals surface area contributed by atoms with E-state index in [9.17, 15) is 4.79 Å². The summed E-state index contributed by atoms with van der Waals surface area (Å²) < 4.78 is 10.8. The van der Waals surface area contributed by atoms with Crippen LogP contribution in [0.1, 0.15) is 12.5 Å². The van der Waals surface area contributed by atoms with Crippen molar-refractivity contribution in [1.29, 1.82) is 0 Å². The number of aryl methyl sites for hydroxylation is 1. The summed E-state index contributed by atoms with van der Waals surface area (Å²) in [5, 5.41) is 0. The molecule has 0 radical (unpaired) electrons. The Balaban J connectivity index is 1.90. The molecule has 4 nitrogen and oxygen atoms in total. The van der Waals surface area contributed by atoms with E-state index in [4.69, 9.17) is 9.47 Å². The maximum absolute atomic E-state index is 11.9. The van der Waals surface area contributed by atoms with Crippen molar-refractivity contribution in [3.63, 3.8) is 0 Å². The molecular weight excluding hydrogens is 218 g/mol. The molecule has 0 aliphatic carbocycles. The van der Waals surface area contributed by atoms with Gasteiger partial charge in [-0.05, 0) is 25.5 Å². The number of hydrogen-bond donors (Lipinski definition) is 0. The van der Waals surface area contributed by atoms with E-state index in [0.717, 1.165) is 11.3 Å². The van der Waals surface area contributed by atoms with Gasteiger partial charge in [-0.2, -0.15) is 0 Å². The maximum Gasteiger partial charge on any atom is 0.262 e. The van der Waals surface area contributed by atoms with Crippen LogP contribution in [-0.2, 0) is 9.53 Å². The molecule has 0 spiro atoms. The Bertz CT molecular complexity index is 405. The number of ether oxygens (including phenoxy) is 2. The monoisotopic (exact) mass is 235 g/mol. The Morgan fingerprint density at radius 2 is 2.29 bits per heavy atom. The summed E-state index contributed by atoms with van der Waals surface area (Å²) in [4.78, 5) is 13.6. The summed E-state index contributed by atoms with van der Waals surface area (Å²) in [6.07, 6.45) is -0.136. The first-order chi connectivity index (χ1) is 8.18. The van der Waals surface area contributed by atoms with Gasteiger partial charge in [-0.1, -0.05) is 18.2 Å². The van der Waals surface area contributed by atoms with Crippen LogP contribution >= 0.6 is 0 Å². The van der Waals surface area contributed by atoms with Crippen molar-refractivity contribution in [2.24, 2.45) is 0 Å². The molecule has 0 N–H and O–H groups in total. The molecule has 1 unspecified atom stereocenters. The molecule has 0 saturated carbocycles. The van der Waals surface area contributed by atoms with Crippen LogP contribution in [0.25, 0.3) is 0 Å². The van der Waals surface area contributed by atoms with E-state index in [1.807, 2.05) is 38.1 Å². The van der Waals surface area contributed by atoms with Crippen LogP contribution < -0.4 is 4.74 Å². The largest absolute Gasteiger partial charge is 0.483 e. The lowest BCUT2D eigenvalue weighted by atomic mass is 10.2. The number of benzene rings is 1. The van der Waals surface area contributed by atoms with E-state index in [0.29, 0.717) is 13.2 Å². The molecule has 1 aromatic rings. The van der Waals surface area contributed by atoms with Crippen LogP contribution in [0.15, 0.2) is 24.3 Å². The topological polar surface area (TPSA) is 38.8 Å². The molecule has 0 bridgehead atoms. The molecule has 17 heavy (non-hydrogen) atoms. The van der Waals surface area contributed by atoms with E-state index in [1.165, 1.54) is 0 Å². The maximum atomic E-state index is 11.9. The van der Waals surface area contributed by atoms with Crippen LogP contribution in [0.3, 0.4) is 0 Å². The summed E-state index contributed by atoms with van der Waals surface area (Å²) >= 11 is 0. The lowest BCUT2D eigenvalue weighted by Gasteiger charge is -2.19. The molecule has 0 aromatic heterocycles. The first-order valence-corrected chi connectivity index (χ1v) is 5.78. The van der Waals surface area contributed by atoms with Gasteiger partial charge in [-0.25, -0.2) is 0 Å². The summed E-state index contributed by atoms with van der Waals surface area (Å²) in [5.74, 6) is 0.729. The van der Waals surface area contributed by atoms with Crippen LogP contribution in [-0.4, -0.2) is 36.8 Å². The number of hydrogen-bond acceptors (Lipinski definition) is 3. The molecule has 1 heterocycles. The normalized spacial score (nSPS) is 19.4. The first-order valence-electron chi connectivity index (χ1n) is 5.78. The van der Waals surface area contributed by atoms with Gasteiger partial charge in [0, 0.05) is 6.54 Å². The third-order valence-electron chi connectivity index (χ3n) is 2.90. The summed E-state index contributed by atoms with van der Waals surface area (Å²) in [7, 11) is 0. The molecule has 1 amide bonds. The van der Waals surface area contributed by atoms with E-state index in [-0.39, 0.29) is 18.7 Å². The quantitative estimate of drug-likeness (QED) is 0.798. The van der Waals surface area contributed by atoms with E-state index in [1.54, 1.807) is 4.90 Å². The van der Waals surface area contributed by atoms with Crippen molar-refractivity contribution >= 4 is 5.91 Å². The Morgan fingerprint density at radius 1 is 1.53 bits per heavy atom. The molecule has 1 aliphatic heterocycles. The van der Waals surface area contributed by atoms with Crippen molar-refractivity contribution in [3.05, 3.63) is 29.8 Å². The molecule has 1 saturated heterocycles. The van der Waals surface area contributed by atoms with Crippen LogP contribution in [0.5, 0.6) is 5.75 Å². The summed E-state index contributed by atoms with van der Waals surface area (Å²) in [5.41, 5.74) is 1.03. The van der Waals surface area contributed by atoms with Gasteiger partial charge in [0.25, 0.3) is 5.91 Å². The molecule has 1 atom stereocenters. The average Bonchev–Trinajstić information content (AvgIpc) is 2.74. The fourth-order valence-corrected chi connectivity index (χ4v) is 1.86. The molecule has 2 rings (SSSR count). The Morgan fingerprint density at radius 3 is 2.94 bits per heavy atom. The average molecular weight is 235 g/mol. The minimum atomic E-state index is -0.136. The van der Waals surface area contributed by atoms with Crippen molar-refractivity contribution in [2.45, 2.75) is 20.1 Å². The molecule has 1 fully saturated rings. The van der Waals surface area contributed by atoms with Gasteiger partial charge in [-0.3, -0.25) is 4.79 Å². The van der Waals surface area contributed by atoms with Crippen molar-refractivity contribution in [2.75, 3.05) is 19.8 Å². The SMILES string of the molecule is Cc1ccccc1OCC(=O)N1CCOC1C. The zero-order valence-electron chi connectivity index (χ0n) is 10.2.